The zero-order chi connectivity index (χ0) is 37.6. The second-order valence-electron chi connectivity index (χ2n) is 13.5. The van der Waals surface area contributed by atoms with Gasteiger partial charge >= 0.3 is 0 Å². The largest absolute Gasteiger partial charge is 0.493 e. The zero-order valence-electron chi connectivity index (χ0n) is 31.1. The van der Waals surface area contributed by atoms with Gasteiger partial charge in [0.15, 0.2) is 11.5 Å². The molecule has 0 fully saturated rings. The van der Waals surface area contributed by atoms with Gasteiger partial charge in [-0.2, -0.15) is 0 Å². The normalized spacial score (nSPS) is 14.6. The summed E-state index contributed by atoms with van der Waals surface area (Å²) in [5, 5.41) is 9.40. The van der Waals surface area contributed by atoms with E-state index in [2.05, 4.69) is 33.1 Å². The molecule has 0 unspecified atom stereocenters. The zero-order valence-corrected chi connectivity index (χ0v) is 31.1. The van der Waals surface area contributed by atoms with E-state index in [1.807, 2.05) is 62.4 Å². The second kappa shape index (κ2) is 16.2. The number of benzene rings is 3. The Labute approximate surface area is 309 Å². The lowest BCUT2D eigenvalue weighted by molar-refractivity contribution is -0.120. The number of anilines is 2. The summed E-state index contributed by atoms with van der Waals surface area (Å²) in [4.78, 5) is 48.5. The predicted octanol–water partition coefficient (Wildman–Crippen LogP) is 6.99. The quantitative estimate of drug-likeness (QED) is 0.102. The van der Waals surface area contributed by atoms with Gasteiger partial charge in [-0.1, -0.05) is 56.7 Å². The summed E-state index contributed by atoms with van der Waals surface area (Å²) in [7, 11) is 4.68. The molecule has 1 aromatic heterocycles. The number of nitrogens with one attached hydrogen (secondary N) is 4. The number of aryl methyl sites for hydroxylation is 3. The molecule has 1 aliphatic rings. The Bertz CT molecular complexity index is 2180. The van der Waals surface area contributed by atoms with Crippen molar-refractivity contribution in [3.63, 3.8) is 0 Å². The van der Waals surface area contributed by atoms with Crippen LogP contribution in [0.2, 0.25) is 0 Å². The second-order valence-corrected chi connectivity index (χ2v) is 13.5. The molecule has 0 radical (unpaired) electrons. The van der Waals surface area contributed by atoms with Gasteiger partial charge in [-0.3, -0.25) is 14.4 Å². The van der Waals surface area contributed by atoms with Gasteiger partial charge in [0.1, 0.15) is 11.9 Å². The molecule has 1 aliphatic carbocycles. The third kappa shape index (κ3) is 7.99. The lowest BCUT2D eigenvalue weighted by Gasteiger charge is -2.24. The number of ether oxygens (including phenoxy) is 3. The van der Waals surface area contributed by atoms with E-state index in [0.29, 0.717) is 53.3 Å². The van der Waals surface area contributed by atoms with Crippen LogP contribution in [0.25, 0.3) is 22.2 Å². The number of nitrogens with zero attached hydrogens (tertiary/aromatic N) is 1. The lowest BCUT2D eigenvalue weighted by Crippen LogP contribution is -2.40. The maximum absolute atomic E-state index is 14.1. The summed E-state index contributed by atoms with van der Waals surface area (Å²) < 4.78 is 17.3. The SMILES string of the molecule is CC[C@H](C)[C@@H](Nc1ccc2c(cc1=O)[C@H](NC(C)=O)CCc1cc(OC)c(OC)c(OC)c1-2)C(=O)Nc1ccc2nc(CCc3ccccc3)[nH]c2c1. The first-order valence-electron chi connectivity index (χ1n) is 18.0. The van der Waals surface area contributed by atoms with E-state index in [1.165, 1.54) is 12.5 Å². The van der Waals surface area contributed by atoms with Crippen LogP contribution in [0.5, 0.6) is 17.2 Å². The average molecular weight is 718 g/mol. The molecule has 1 heterocycles. The van der Waals surface area contributed by atoms with Crippen LogP contribution in [-0.4, -0.2) is 49.2 Å². The minimum Gasteiger partial charge on any atom is -0.493 e. The van der Waals surface area contributed by atoms with Crippen LogP contribution < -0.4 is 35.6 Å². The number of carbonyl (C=O) groups is 2. The molecule has 11 heteroatoms. The van der Waals surface area contributed by atoms with Gasteiger partial charge in [-0.05, 0) is 83.8 Å². The monoisotopic (exact) mass is 717 g/mol. The molecule has 3 atom stereocenters. The molecule has 5 aromatic rings. The van der Waals surface area contributed by atoms with Crippen molar-refractivity contribution in [1.29, 1.82) is 0 Å². The molecule has 0 aliphatic heterocycles. The molecule has 4 N–H and O–H groups in total. The highest BCUT2D eigenvalue weighted by Crippen LogP contribution is 2.50. The number of hydrogen-bond acceptors (Lipinski definition) is 8. The van der Waals surface area contributed by atoms with Gasteiger partial charge in [0.25, 0.3) is 0 Å². The number of aromatic amines is 1. The van der Waals surface area contributed by atoms with E-state index in [9.17, 15) is 14.4 Å². The molecular weight excluding hydrogens is 670 g/mol. The highest BCUT2D eigenvalue weighted by molar-refractivity contribution is 5.98. The Morgan fingerprint density at radius 1 is 0.943 bits per heavy atom. The fourth-order valence-corrected chi connectivity index (χ4v) is 7.08. The van der Waals surface area contributed by atoms with Crippen LogP contribution in [0.15, 0.2) is 77.6 Å². The highest BCUT2D eigenvalue weighted by Gasteiger charge is 2.30. The molecule has 276 valence electrons. The third-order valence-electron chi connectivity index (χ3n) is 10.0. The van der Waals surface area contributed by atoms with Crippen LogP contribution in [0, 0.1) is 5.92 Å². The van der Waals surface area contributed by atoms with Crippen molar-refractivity contribution in [1.82, 2.24) is 15.3 Å². The van der Waals surface area contributed by atoms with Crippen molar-refractivity contribution < 1.29 is 23.8 Å². The van der Waals surface area contributed by atoms with Gasteiger partial charge in [0.2, 0.25) is 23.0 Å². The van der Waals surface area contributed by atoms with Crippen LogP contribution in [0.4, 0.5) is 11.4 Å². The highest BCUT2D eigenvalue weighted by atomic mass is 16.5. The molecule has 53 heavy (non-hydrogen) atoms. The number of aromatic nitrogens is 2. The Morgan fingerprint density at radius 3 is 2.42 bits per heavy atom. The molecule has 4 aromatic carbocycles. The summed E-state index contributed by atoms with van der Waals surface area (Å²) in [6, 6.07) is 21.7. The van der Waals surface area contributed by atoms with Crippen molar-refractivity contribution >= 4 is 34.2 Å². The first-order valence-corrected chi connectivity index (χ1v) is 18.0. The van der Waals surface area contributed by atoms with Gasteiger partial charge in [0, 0.05) is 24.6 Å². The van der Waals surface area contributed by atoms with Crippen LogP contribution in [-0.2, 0) is 28.9 Å². The van der Waals surface area contributed by atoms with Gasteiger partial charge < -0.3 is 35.1 Å². The van der Waals surface area contributed by atoms with Crippen molar-refractivity contribution in [3.8, 4) is 28.4 Å². The summed E-state index contributed by atoms with van der Waals surface area (Å²) in [5.41, 5.74) is 6.49. The van der Waals surface area contributed by atoms with E-state index in [1.54, 1.807) is 33.5 Å². The van der Waals surface area contributed by atoms with E-state index < -0.39 is 12.1 Å². The number of hydrogen-bond donors (Lipinski definition) is 4. The molecule has 0 spiro atoms. The number of imidazole rings is 1. The molecule has 2 amide bonds. The first-order chi connectivity index (χ1) is 25.6. The topological polar surface area (TPSA) is 144 Å². The Morgan fingerprint density at radius 2 is 1.72 bits per heavy atom. The van der Waals surface area contributed by atoms with Crippen molar-refractivity contribution in [2.75, 3.05) is 32.0 Å². The van der Waals surface area contributed by atoms with Crippen molar-refractivity contribution in [3.05, 3.63) is 106 Å². The summed E-state index contributed by atoms with van der Waals surface area (Å²) in [6.45, 7) is 5.45. The standard InChI is InChI=1S/C42H47N5O6/c1-7-24(2)39(42(50)44-28-15-18-32-34(22-28)46-37(45-32)20-13-26-11-9-8-10-12-26)47-33-19-16-29-30(23-35(33)49)31(43-25(3)48)17-14-27-21-36(51-4)40(52-5)41(53-6)38(27)29/h8-12,15-16,18-19,21-24,31,39H,7,13-14,17,20H2,1-6H3,(H,43,48)(H,44,50)(H,45,46)(H,47,49)/t24-,31+,39+/m0/s1. The fourth-order valence-electron chi connectivity index (χ4n) is 7.08. The maximum atomic E-state index is 14.1. The predicted molar refractivity (Wildman–Crippen MR) is 208 cm³/mol. The minimum atomic E-state index is -0.730. The number of fused-ring (bicyclic) bond motifs is 4. The van der Waals surface area contributed by atoms with E-state index >= 15 is 0 Å². The summed E-state index contributed by atoms with van der Waals surface area (Å²) in [5.74, 6) is 1.69. The molecule has 6 rings (SSSR count). The summed E-state index contributed by atoms with van der Waals surface area (Å²) in [6.07, 6.45) is 3.45. The maximum Gasteiger partial charge on any atom is 0.247 e. The molecule has 0 saturated heterocycles. The van der Waals surface area contributed by atoms with Gasteiger partial charge in [-0.25, -0.2) is 4.98 Å². The average Bonchev–Trinajstić information content (AvgIpc) is 3.43. The fraction of sp³-hybridized carbons (Fsp3) is 0.333. The number of H-pyrrole nitrogens is 1. The number of methoxy groups -OCH3 is 3. The molecule has 0 bridgehead atoms. The number of amides is 2. The van der Waals surface area contributed by atoms with E-state index in [4.69, 9.17) is 19.2 Å². The third-order valence-corrected chi connectivity index (χ3v) is 10.0. The van der Waals surface area contributed by atoms with Crippen molar-refractivity contribution in [2.45, 2.75) is 65.0 Å². The Balaban J connectivity index is 1.32. The van der Waals surface area contributed by atoms with Crippen LogP contribution >= 0.6 is 0 Å². The Kier molecular flexibility index (Phi) is 11.3. The number of carbonyl (C=O) groups excluding carboxylic acids is 2. The lowest BCUT2D eigenvalue weighted by atomic mass is 9.95. The van der Waals surface area contributed by atoms with E-state index in [0.717, 1.165) is 40.8 Å². The van der Waals surface area contributed by atoms with Gasteiger partial charge in [-0.15, -0.1) is 0 Å². The van der Waals surface area contributed by atoms with Crippen LogP contribution in [0.1, 0.15) is 62.2 Å². The molecule has 11 nitrogen and oxygen atoms in total. The first kappa shape index (κ1) is 36.9. The van der Waals surface area contributed by atoms with Gasteiger partial charge in [0.05, 0.1) is 44.1 Å². The minimum absolute atomic E-state index is 0.122. The number of rotatable bonds is 13. The molecule has 0 saturated carbocycles. The van der Waals surface area contributed by atoms with Crippen LogP contribution in [0.3, 0.4) is 0 Å². The van der Waals surface area contributed by atoms with E-state index in [-0.39, 0.29) is 28.8 Å². The Hall–Kier alpha value is -5.84. The van der Waals surface area contributed by atoms with Crippen molar-refractivity contribution in [2.24, 2.45) is 5.92 Å². The smallest absolute Gasteiger partial charge is 0.247 e. The molecular formula is C42H47N5O6. The summed E-state index contributed by atoms with van der Waals surface area (Å²) >= 11 is 0.